The lowest BCUT2D eigenvalue weighted by Gasteiger charge is -2.25. The number of nitrogens with one attached hydrogen (secondary N) is 4. The molecular weight excluding hydrogens is 276 g/mol. The van der Waals surface area contributed by atoms with Crippen LogP contribution < -0.4 is 21.3 Å². The second kappa shape index (κ2) is 7.34. The minimum atomic E-state index is -0.740. The highest BCUT2D eigenvalue weighted by Crippen LogP contribution is 2.16. The topological polar surface area (TPSA) is 116 Å². The van der Waals surface area contributed by atoms with Crippen LogP contribution in [0.1, 0.15) is 12.8 Å². The molecule has 0 aromatic rings. The molecule has 0 bridgehead atoms. The Morgan fingerprint density at radius 3 is 2.14 bits per heavy atom. The summed E-state index contributed by atoms with van der Waals surface area (Å²) in [6.07, 6.45) is 7.18. The predicted molar refractivity (Wildman–Crippen MR) is 75.1 cm³/mol. The Balaban J connectivity index is 0.000000219. The molecule has 21 heavy (non-hydrogen) atoms. The molecule has 1 aliphatic heterocycles. The van der Waals surface area contributed by atoms with Crippen LogP contribution in [0.5, 0.6) is 0 Å². The Labute approximate surface area is 122 Å². The lowest BCUT2D eigenvalue weighted by Crippen LogP contribution is -2.49. The van der Waals surface area contributed by atoms with Gasteiger partial charge in [0.15, 0.2) is 0 Å². The number of hydrogen-bond acceptors (Lipinski definition) is 6. The Hall–Kier alpha value is -2.48. The third-order valence-corrected chi connectivity index (χ3v) is 3.01. The minimum absolute atomic E-state index is 0.258. The molecule has 1 atom stereocenters. The number of carbonyl (C=O) groups is 4. The van der Waals surface area contributed by atoms with E-state index in [2.05, 4.69) is 10.6 Å². The third-order valence-electron chi connectivity index (χ3n) is 3.01. The van der Waals surface area contributed by atoms with Crippen LogP contribution in [0.4, 0.5) is 4.79 Å². The number of aldehydes is 1. The molecule has 0 saturated carbocycles. The molecule has 1 fully saturated rings. The molecule has 8 heteroatoms. The average molecular weight is 294 g/mol. The van der Waals surface area contributed by atoms with Crippen LogP contribution >= 0.6 is 0 Å². The fraction of sp³-hybridized carbons (Fsp3) is 0.385. The summed E-state index contributed by atoms with van der Waals surface area (Å²) in [5.74, 6) is -1.10. The highest BCUT2D eigenvalue weighted by atomic mass is 16.2. The quantitative estimate of drug-likeness (QED) is 0.390. The standard InChI is InChI=1S/C9H14N2O.C4H4N2O3/c1-10-8-3-5-9(7-12,11-2)6-4-8;7-2-1-3(8)6-4(9)5-2/h3-5,7,10-11H,6H2,1-2H3;1H2,(H2,5,6,7,8,9). The maximum atomic E-state index is 10.7. The third kappa shape index (κ3) is 4.84. The van der Waals surface area contributed by atoms with Crippen molar-refractivity contribution < 1.29 is 19.2 Å². The van der Waals surface area contributed by atoms with Crippen molar-refractivity contribution in [2.24, 2.45) is 0 Å². The van der Waals surface area contributed by atoms with Gasteiger partial charge in [0.1, 0.15) is 12.7 Å². The maximum Gasteiger partial charge on any atom is 0.328 e. The molecule has 1 heterocycles. The predicted octanol–water partition coefficient (Wildman–Crippen LogP) is -1.05. The minimum Gasteiger partial charge on any atom is -0.388 e. The lowest BCUT2D eigenvalue weighted by atomic mass is 9.92. The maximum absolute atomic E-state index is 10.7. The summed E-state index contributed by atoms with van der Waals surface area (Å²) in [6.45, 7) is 0. The number of rotatable bonds is 3. The number of amides is 4. The van der Waals surface area contributed by atoms with Gasteiger partial charge in [0.2, 0.25) is 11.8 Å². The van der Waals surface area contributed by atoms with Crippen LogP contribution in [0.3, 0.4) is 0 Å². The number of carbonyl (C=O) groups excluding carboxylic acids is 4. The molecule has 1 unspecified atom stereocenters. The van der Waals surface area contributed by atoms with Gasteiger partial charge < -0.3 is 15.4 Å². The van der Waals surface area contributed by atoms with E-state index in [0.717, 1.165) is 12.0 Å². The summed E-state index contributed by atoms with van der Waals surface area (Å²) >= 11 is 0. The Kier molecular flexibility index (Phi) is 5.79. The van der Waals surface area contributed by atoms with Crippen molar-refractivity contribution >= 4 is 24.1 Å². The van der Waals surface area contributed by atoms with Crippen LogP contribution in [-0.2, 0) is 14.4 Å². The van der Waals surface area contributed by atoms with Crippen LogP contribution in [0.2, 0.25) is 0 Å². The first-order chi connectivity index (χ1) is 9.94. The summed E-state index contributed by atoms with van der Waals surface area (Å²) in [6, 6.07) is -0.740. The fourth-order valence-corrected chi connectivity index (χ4v) is 1.69. The van der Waals surface area contributed by atoms with Crippen molar-refractivity contribution in [3.05, 3.63) is 23.9 Å². The molecule has 0 aromatic carbocycles. The van der Waals surface area contributed by atoms with E-state index in [1.54, 1.807) is 7.05 Å². The monoisotopic (exact) mass is 294 g/mol. The SMILES string of the molecule is CNC1=CCC(C=O)(NC)C=C1.O=C1CC(=O)NC(=O)N1. The molecule has 2 rings (SSSR count). The van der Waals surface area contributed by atoms with Gasteiger partial charge in [-0.3, -0.25) is 20.2 Å². The van der Waals surface area contributed by atoms with Crippen molar-refractivity contribution in [1.29, 1.82) is 0 Å². The van der Waals surface area contributed by atoms with Crippen molar-refractivity contribution in [2.45, 2.75) is 18.4 Å². The summed E-state index contributed by atoms with van der Waals surface area (Å²) in [5.41, 5.74) is 0.572. The molecule has 0 aromatic heterocycles. The van der Waals surface area contributed by atoms with E-state index in [-0.39, 0.29) is 6.42 Å². The number of allylic oxidation sites excluding steroid dienone is 1. The van der Waals surface area contributed by atoms with E-state index in [0.29, 0.717) is 6.42 Å². The zero-order valence-electron chi connectivity index (χ0n) is 11.9. The summed E-state index contributed by atoms with van der Waals surface area (Å²) in [4.78, 5) is 41.5. The molecule has 114 valence electrons. The Bertz CT molecular complexity index is 467. The van der Waals surface area contributed by atoms with Crippen molar-refractivity contribution in [1.82, 2.24) is 21.3 Å². The first-order valence-corrected chi connectivity index (χ1v) is 6.31. The first-order valence-electron chi connectivity index (χ1n) is 6.31. The zero-order chi connectivity index (χ0) is 15.9. The fourth-order valence-electron chi connectivity index (χ4n) is 1.69. The normalized spacial score (nSPS) is 24.1. The largest absolute Gasteiger partial charge is 0.388 e. The van der Waals surface area contributed by atoms with Gasteiger partial charge in [0.25, 0.3) is 0 Å². The van der Waals surface area contributed by atoms with Gasteiger partial charge in [0.05, 0.1) is 5.54 Å². The summed E-state index contributed by atoms with van der Waals surface area (Å²) in [7, 11) is 3.65. The summed E-state index contributed by atoms with van der Waals surface area (Å²) in [5, 5.41) is 9.80. The average Bonchev–Trinajstić information content (AvgIpc) is 2.46. The highest BCUT2D eigenvalue weighted by molar-refractivity contribution is 6.14. The van der Waals surface area contributed by atoms with Gasteiger partial charge >= 0.3 is 6.03 Å². The molecule has 8 nitrogen and oxygen atoms in total. The first kappa shape index (κ1) is 16.6. The van der Waals surface area contributed by atoms with E-state index in [1.807, 2.05) is 35.9 Å². The van der Waals surface area contributed by atoms with Gasteiger partial charge in [-0.1, -0.05) is 12.2 Å². The van der Waals surface area contributed by atoms with Crippen molar-refractivity contribution in [3.8, 4) is 0 Å². The second-order valence-corrected chi connectivity index (χ2v) is 4.46. The van der Waals surface area contributed by atoms with Gasteiger partial charge in [-0.2, -0.15) is 0 Å². The molecule has 1 saturated heterocycles. The van der Waals surface area contributed by atoms with E-state index in [1.165, 1.54) is 0 Å². The van der Waals surface area contributed by atoms with Gasteiger partial charge in [-0.15, -0.1) is 0 Å². The Morgan fingerprint density at radius 2 is 1.81 bits per heavy atom. The number of likely N-dealkylation sites (N-methyl/N-ethyl adjacent to an activating group) is 2. The number of imide groups is 2. The highest BCUT2D eigenvalue weighted by Gasteiger charge is 2.24. The van der Waals surface area contributed by atoms with E-state index in [9.17, 15) is 19.2 Å². The summed E-state index contributed by atoms with van der Waals surface area (Å²) < 4.78 is 0. The lowest BCUT2D eigenvalue weighted by molar-refractivity contribution is -0.129. The molecular formula is C13H18N4O4. The molecule has 4 N–H and O–H groups in total. The van der Waals surface area contributed by atoms with Gasteiger partial charge in [-0.25, -0.2) is 4.79 Å². The molecule has 1 aliphatic carbocycles. The number of barbiturate groups is 1. The smallest absolute Gasteiger partial charge is 0.328 e. The number of urea groups is 1. The van der Waals surface area contributed by atoms with Crippen LogP contribution in [0, 0.1) is 0 Å². The molecule has 0 radical (unpaired) electrons. The van der Waals surface area contributed by atoms with E-state index >= 15 is 0 Å². The molecule has 2 aliphatic rings. The zero-order valence-corrected chi connectivity index (χ0v) is 11.9. The molecule has 0 spiro atoms. The second-order valence-electron chi connectivity index (χ2n) is 4.46. The van der Waals surface area contributed by atoms with Crippen molar-refractivity contribution in [3.63, 3.8) is 0 Å². The van der Waals surface area contributed by atoms with E-state index < -0.39 is 23.4 Å². The van der Waals surface area contributed by atoms with Gasteiger partial charge in [0, 0.05) is 12.7 Å². The van der Waals surface area contributed by atoms with Crippen LogP contribution in [-0.4, -0.2) is 43.8 Å². The van der Waals surface area contributed by atoms with Gasteiger partial charge in [-0.05, 0) is 19.5 Å². The molecule has 4 amide bonds. The van der Waals surface area contributed by atoms with E-state index in [4.69, 9.17) is 0 Å². The Morgan fingerprint density at radius 1 is 1.19 bits per heavy atom. The van der Waals surface area contributed by atoms with Crippen molar-refractivity contribution in [2.75, 3.05) is 14.1 Å². The van der Waals surface area contributed by atoms with Crippen LogP contribution in [0.15, 0.2) is 23.9 Å². The number of hydrogen-bond donors (Lipinski definition) is 4. The van der Waals surface area contributed by atoms with Crippen LogP contribution in [0.25, 0.3) is 0 Å².